The second-order valence-electron chi connectivity index (χ2n) is 2.76. The molecule has 0 heterocycles. The van der Waals surface area contributed by atoms with Crippen LogP contribution in [0.1, 0.15) is 18.4 Å². The molecule has 0 aliphatic carbocycles. The van der Waals surface area contributed by atoms with E-state index in [1.165, 1.54) is 5.56 Å². The van der Waals surface area contributed by atoms with Crippen LogP contribution in [0.3, 0.4) is 0 Å². The van der Waals surface area contributed by atoms with E-state index in [2.05, 4.69) is 33.8 Å². The summed E-state index contributed by atoms with van der Waals surface area (Å²) in [6, 6.07) is 8.08. The monoisotopic (exact) mass is 229 g/mol. The van der Waals surface area contributed by atoms with Gasteiger partial charge in [-0.3, -0.25) is 0 Å². The highest BCUT2D eigenvalue weighted by molar-refractivity contribution is 9.10. The number of hydrogen-bond acceptors (Lipinski definition) is 2. The van der Waals surface area contributed by atoms with Crippen molar-refractivity contribution in [1.82, 2.24) is 0 Å². The molecular weight excluding hydrogens is 218 g/mol. The van der Waals surface area contributed by atoms with Crippen LogP contribution in [0, 0.1) is 0 Å². The minimum Gasteiger partial charge on any atom is -0.304 e. The standard InChI is InChI=1S/C9H12BrNO/c1-7(6-12-11)8-4-2-3-5-9(8)10/h2-5,7H,6,11H2,1H3. The lowest BCUT2D eigenvalue weighted by Crippen LogP contribution is -2.08. The molecule has 0 saturated carbocycles. The van der Waals surface area contributed by atoms with E-state index in [0.29, 0.717) is 12.5 Å². The van der Waals surface area contributed by atoms with Crippen molar-refractivity contribution < 1.29 is 4.84 Å². The van der Waals surface area contributed by atoms with Gasteiger partial charge in [0.25, 0.3) is 0 Å². The summed E-state index contributed by atoms with van der Waals surface area (Å²) in [5.74, 6) is 5.33. The van der Waals surface area contributed by atoms with Gasteiger partial charge in [-0.25, -0.2) is 5.90 Å². The van der Waals surface area contributed by atoms with Crippen LogP contribution < -0.4 is 5.90 Å². The van der Waals surface area contributed by atoms with E-state index in [1.807, 2.05) is 18.2 Å². The molecule has 1 atom stereocenters. The third kappa shape index (κ3) is 2.30. The van der Waals surface area contributed by atoms with Crippen LogP contribution >= 0.6 is 15.9 Å². The Kier molecular flexibility index (Phi) is 3.72. The Morgan fingerprint density at radius 3 is 2.75 bits per heavy atom. The van der Waals surface area contributed by atoms with E-state index < -0.39 is 0 Å². The first-order valence-corrected chi connectivity index (χ1v) is 4.61. The average molecular weight is 230 g/mol. The van der Waals surface area contributed by atoms with Crippen LogP contribution in [0.25, 0.3) is 0 Å². The van der Waals surface area contributed by atoms with Gasteiger partial charge < -0.3 is 4.84 Å². The summed E-state index contributed by atoms with van der Waals surface area (Å²) >= 11 is 3.47. The van der Waals surface area contributed by atoms with E-state index in [-0.39, 0.29) is 0 Å². The third-order valence-corrected chi connectivity index (χ3v) is 2.50. The number of benzene rings is 1. The Morgan fingerprint density at radius 1 is 1.50 bits per heavy atom. The predicted molar refractivity (Wildman–Crippen MR) is 52.7 cm³/mol. The van der Waals surface area contributed by atoms with Crippen molar-refractivity contribution >= 4 is 15.9 Å². The minimum absolute atomic E-state index is 0.325. The fourth-order valence-corrected chi connectivity index (χ4v) is 1.78. The Bertz CT molecular complexity index is 252. The van der Waals surface area contributed by atoms with E-state index in [9.17, 15) is 0 Å². The SMILES string of the molecule is CC(CON)c1ccccc1Br. The summed E-state index contributed by atoms with van der Waals surface area (Å²) in [7, 11) is 0. The molecule has 1 unspecified atom stereocenters. The van der Waals surface area contributed by atoms with E-state index in [0.717, 1.165) is 4.47 Å². The molecule has 0 amide bonds. The maximum Gasteiger partial charge on any atom is 0.0745 e. The molecule has 0 aliphatic rings. The number of nitrogens with two attached hydrogens (primary N) is 1. The Morgan fingerprint density at radius 2 is 2.17 bits per heavy atom. The molecule has 2 nitrogen and oxygen atoms in total. The van der Waals surface area contributed by atoms with Crippen LogP contribution in [-0.4, -0.2) is 6.61 Å². The Labute approximate surface area is 80.8 Å². The molecular formula is C9H12BrNO. The van der Waals surface area contributed by atoms with Gasteiger partial charge in [0.05, 0.1) is 6.61 Å². The number of halogens is 1. The summed E-state index contributed by atoms with van der Waals surface area (Å²) in [4.78, 5) is 4.59. The topological polar surface area (TPSA) is 35.2 Å². The third-order valence-electron chi connectivity index (χ3n) is 1.78. The Hall–Kier alpha value is -0.380. The van der Waals surface area contributed by atoms with Crippen molar-refractivity contribution in [2.45, 2.75) is 12.8 Å². The van der Waals surface area contributed by atoms with Gasteiger partial charge in [-0.2, -0.15) is 0 Å². The molecule has 12 heavy (non-hydrogen) atoms. The van der Waals surface area contributed by atoms with Gasteiger partial charge >= 0.3 is 0 Å². The second-order valence-corrected chi connectivity index (χ2v) is 3.61. The molecule has 0 fully saturated rings. The Balaban J connectivity index is 2.79. The first-order chi connectivity index (χ1) is 5.75. The normalized spacial score (nSPS) is 12.9. The average Bonchev–Trinajstić information content (AvgIpc) is 2.05. The van der Waals surface area contributed by atoms with Gasteiger partial charge in [0.15, 0.2) is 0 Å². The van der Waals surface area contributed by atoms with Crippen LogP contribution in [0.5, 0.6) is 0 Å². The summed E-state index contributed by atoms with van der Waals surface area (Å²) in [5.41, 5.74) is 1.22. The first-order valence-electron chi connectivity index (χ1n) is 3.81. The highest BCUT2D eigenvalue weighted by atomic mass is 79.9. The molecule has 1 aromatic carbocycles. The number of hydrogen-bond donors (Lipinski definition) is 1. The molecule has 0 radical (unpaired) electrons. The molecule has 66 valence electrons. The molecule has 1 aromatic rings. The molecule has 3 heteroatoms. The molecule has 1 rings (SSSR count). The van der Waals surface area contributed by atoms with Crippen molar-refractivity contribution in [2.24, 2.45) is 5.90 Å². The van der Waals surface area contributed by atoms with E-state index in [4.69, 9.17) is 5.90 Å². The highest BCUT2D eigenvalue weighted by Crippen LogP contribution is 2.24. The fourth-order valence-electron chi connectivity index (χ4n) is 1.11. The first kappa shape index (κ1) is 9.71. The van der Waals surface area contributed by atoms with Crippen molar-refractivity contribution in [3.05, 3.63) is 34.3 Å². The van der Waals surface area contributed by atoms with Gasteiger partial charge in [0.1, 0.15) is 0 Å². The fraction of sp³-hybridized carbons (Fsp3) is 0.333. The molecule has 2 N–H and O–H groups in total. The van der Waals surface area contributed by atoms with Crippen LogP contribution in [0.2, 0.25) is 0 Å². The van der Waals surface area contributed by atoms with Crippen molar-refractivity contribution in [1.29, 1.82) is 0 Å². The lowest BCUT2D eigenvalue weighted by atomic mass is 10.0. The van der Waals surface area contributed by atoms with Crippen molar-refractivity contribution in [3.63, 3.8) is 0 Å². The summed E-state index contributed by atoms with van der Waals surface area (Å²) in [6.45, 7) is 2.62. The maximum absolute atomic E-state index is 5.00. The van der Waals surface area contributed by atoms with Crippen molar-refractivity contribution in [3.8, 4) is 0 Å². The second kappa shape index (κ2) is 4.60. The zero-order valence-corrected chi connectivity index (χ0v) is 8.54. The molecule has 0 aromatic heterocycles. The van der Waals surface area contributed by atoms with E-state index >= 15 is 0 Å². The zero-order valence-electron chi connectivity index (χ0n) is 6.96. The quantitative estimate of drug-likeness (QED) is 0.809. The molecule has 0 saturated heterocycles. The van der Waals surface area contributed by atoms with Crippen LogP contribution in [0.15, 0.2) is 28.7 Å². The van der Waals surface area contributed by atoms with Gasteiger partial charge in [0.2, 0.25) is 0 Å². The van der Waals surface area contributed by atoms with Crippen LogP contribution in [0.4, 0.5) is 0 Å². The maximum atomic E-state index is 5.00. The highest BCUT2D eigenvalue weighted by Gasteiger charge is 2.07. The lowest BCUT2D eigenvalue weighted by molar-refractivity contribution is 0.126. The van der Waals surface area contributed by atoms with Gasteiger partial charge in [0, 0.05) is 10.4 Å². The van der Waals surface area contributed by atoms with Gasteiger partial charge in [-0.1, -0.05) is 41.1 Å². The molecule has 0 bridgehead atoms. The summed E-state index contributed by atoms with van der Waals surface area (Å²) in [6.07, 6.45) is 0. The lowest BCUT2D eigenvalue weighted by Gasteiger charge is -2.11. The summed E-state index contributed by atoms with van der Waals surface area (Å²) in [5, 5.41) is 0. The van der Waals surface area contributed by atoms with Crippen LogP contribution in [-0.2, 0) is 4.84 Å². The molecule has 0 aliphatic heterocycles. The smallest absolute Gasteiger partial charge is 0.0745 e. The van der Waals surface area contributed by atoms with E-state index in [1.54, 1.807) is 0 Å². The zero-order chi connectivity index (χ0) is 8.97. The summed E-state index contributed by atoms with van der Waals surface area (Å²) < 4.78 is 1.11. The largest absolute Gasteiger partial charge is 0.304 e. The minimum atomic E-state index is 0.325. The number of rotatable bonds is 3. The van der Waals surface area contributed by atoms with Gasteiger partial charge in [-0.05, 0) is 11.6 Å². The predicted octanol–water partition coefficient (Wildman–Crippen LogP) is 2.44. The molecule has 0 spiro atoms. The van der Waals surface area contributed by atoms with Crippen molar-refractivity contribution in [2.75, 3.05) is 6.61 Å². The van der Waals surface area contributed by atoms with Gasteiger partial charge in [-0.15, -0.1) is 0 Å².